The molecule has 1 aliphatic heterocycles. The quantitative estimate of drug-likeness (QED) is 0.501. The number of ether oxygens (including phenoxy) is 1. The monoisotopic (exact) mass is 533 g/mol. The number of amides is 1. The number of imidazole rings is 1. The molecule has 2 fully saturated rings. The molecule has 0 spiro atoms. The van der Waals surface area contributed by atoms with Crippen molar-refractivity contribution in [2.24, 2.45) is 0 Å². The molecule has 3 aromatic rings. The molecule has 0 bridgehead atoms. The van der Waals surface area contributed by atoms with Gasteiger partial charge < -0.3 is 24.6 Å². The summed E-state index contributed by atoms with van der Waals surface area (Å²) < 4.78 is 7.91. The molecule has 0 unspecified atom stereocenters. The Morgan fingerprint density at radius 3 is 2.58 bits per heavy atom. The van der Waals surface area contributed by atoms with Crippen LogP contribution in [0.1, 0.15) is 42.2 Å². The van der Waals surface area contributed by atoms with Crippen LogP contribution < -0.4 is 10.1 Å². The van der Waals surface area contributed by atoms with Gasteiger partial charge in [0.05, 0.1) is 30.2 Å². The highest BCUT2D eigenvalue weighted by Gasteiger charge is 2.34. The lowest BCUT2D eigenvalue weighted by Crippen LogP contribution is -2.56. The fourth-order valence-electron chi connectivity index (χ4n) is 4.99. The van der Waals surface area contributed by atoms with E-state index in [1.165, 1.54) is 0 Å². The molecule has 1 saturated heterocycles. The number of aromatic nitrogens is 3. The highest BCUT2D eigenvalue weighted by Crippen LogP contribution is 2.35. The number of benzene rings is 1. The average Bonchev–Trinajstić information content (AvgIpc) is 3.33. The van der Waals surface area contributed by atoms with Crippen molar-refractivity contribution >= 4 is 30.7 Å². The van der Waals surface area contributed by atoms with Crippen LogP contribution in [0, 0.1) is 0 Å². The molecule has 5 rings (SSSR count). The number of aliphatic hydroxyl groups is 1. The maximum Gasteiger partial charge on any atom is 0.275 e. The van der Waals surface area contributed by atoms with E-state index in [1.807, 2.05) is 58.0 Å². The number of halogens is 2. The minimum atomic E-state index is -0.438. The number of piperazine rings is 1. The largest absolute Gasteiger partial charge is 0.475 e. The predicted molar refractivity (Wildman–Crippen MR) is 143 cm³/mol. The van der Waals surface area contributed by atoms with Gasteiger partial charge in [0.1, 0.15) is 6.61 Å². The van der Waals surface area contributed by atoms with Crippen LogP contribution in [0.2, 0.25) is 0 Å². The highest BCUT2D eigenvalue weighted by atomic mass is 35.5. The van der Waals surface area contributed by atoms with Gasteiger partial charge in [0, 0.05) is 37.5 Å². The molecular weight excluding hydrogens is 501 g/mol. The third kappa shape index (κ3) is 6.00. The van der Waals surface area contributed by atoms with Gasteiger partial charge in [-0.25, -0.2) is 9.97 Å². The summed E-state index contributed by atoms with van der Waals surface area (Å²) in [5, 5.41) is 14.1. The summed E-state index contributed by atoms with van der Waals surface area (Å²) in [6, 6.07) is 15.2. The molecule has 194 valence electrons. The minimum Gasteiger partial charge on any atom is -0.475 e. The summed E-state index contributed by atoms with van der Waals surface area (Å²) in [5.74, 6) is 0.431. The number of carbonyl (C=O) groups excluding carboxylic acids is 1. The zero-order valence-electron chi connectivity index (χ0n) is 20.0. The van der Waals surface area contributed by atoms with Gasteiger partial charge in [-0.1, -0.05) is 49.2 Å². The summed E-state index contributed by atoms with van der Waals surface area (Å²) in [7, 11) is 0. The van der Waals surface area contributed by atoms with Crippen molar-refractivity contribution in [3.8, 4) is 17.1 Å². The van der Waals surface area contributed by atoms with E-state index in [0.717, 1.165) is 36.9 Å². The number of rotatable bonds is 6. The lowest BCUT2D eigenvalue weighted by molar-refractivity contribution is 0.0549. The fraction of sp³-hybridized carbons (Fsp3) is 0.423. The van der Waals surface area contributed by atoms with Crippen molar-refractivity contribution in [1.82, 2.24) is 24.8 Å². The summed E-state index contributed by atoms with van der Waals surface area (Å²) in [4.78, 5) is 24.6. The van der Waals surface area contributed by atoms with Crippen LogP contribution in [-0.4, -0.2) is 68.8 Å². The Kier molecular flexibility index (Phi) is 10.1. The lowest BCUT2D eigenvalue weighted by atomic mass is 9.92. The molecule has 1 aromatic carbocycles. The van der Waals surface area contributed by atoms with Crippen molar-refractivity contribution in [2.45, 2.75) is 43.9 Å². The molecular formula is C26H33Cl2N5O3. The summed E-state index contributed by atoms with van der Waals surface area (Å²) in [5.41, 5.74) is 2.13. The summed E-state index contributed by atoms with van der Waals surface area (Å²) in [6.45, 7) is 2.27. The standard InChI is InChI=1S/C26H31N5O3.2ClH/c32-22-11-5-4-10-21(22)31-18-29-24(25(31)19-8-2-1-3-9-19)26(33)30-15-14-27-16-20(30)17-34-23-12-6-7-13-28-23;;/h1-3,6-9,12-13,18,20-22,27,32H,4-5,10-11,14-17H2;2*1H/t20-,21-,22+;;/m0../s1. The second-order valence-electron chi connectivity index (χ2n) is 8.97. The van der Waals surface area contributed by atoms with Crippen molar-refractivity contribution in [3.63, 3.8) is 0 Å². The molecule has 3 atom stereocenters. The van der Waals surface area contributed by atoms with Crippen LogP contribution in [0.25, 0.3) is 11.3 Å². The van der Waals surface area contributed by atoms with Crippen molar-refractivity contribution in [3.05, 3.63) is 66.7 Å². The SMILES string of the molecule is Cl.Cl.O=C(c1ncn([C@H]2CCCC[C@H]2O)c1-c1ccccc1)N1CCNC[C@H]1COc1ccccn1. The van der Waals surface area contributed by atoms with Crippen LogP contribution in [0.5, 0.6) is 5.88 Å². The van der Waals surface area contributed by atoms with Gasteiger partial charge in [0.15, 0.2) is 5.69 Å². The Hall–Kier alpha value is -2.65. The second kappa shape index (κ2) is 13.1. The summed E-state index contributed by atoms with van der Waals surface area (Å²) >= 11 is 0. The summed E-state index contributed by atoms with van der Waals surface area (Å²) in [6.07, 6.45) is 6.71. The molecule has 1 saturated carbocycles. The molecule has 0 radical (unpaired) electrons. The first-order chi connectivity index (χ1) is 16.7. The van der Waals surface area contributed by atoms with Gasteiger partial charge in [-0.3, -0.25) is 4.79 Å². The Morgan fingerprint density at radius 1 is 1.06 bits per heavy atom. The van der Waals surface area contributed by atoms with E-state index in [-0.39, 0.29) is 42.8 Å². The normalized spacial score (nSPS) is 21.7. The van der Waals surface area contributed by atoms with Crippen molar-refractivity contribution in [1.29, 1.82) is 0 Å². The maximum absolute atomic E-state index is 13.9. The smallest absolute Gasteiger partial charge is 0.275 e. The van der Waals surface area contributed by atoms with Gasteiger partial charge in [-0.15, -0.1) is 24.8 Å². The molecule has 1 aliphatic carbocycles. The number of hydrogen-bond donors (Lipinski definition) is 2. The van der Waals surface area contributed by atoms with Crippen LogP contribution in [0.4, 0.5) is 0 Å². The Bertz CT molecular complexity index is 1100. The maximum atomic E-state index is 13.9. The van der Waals surface area contributed by atoms with Gasteiger partial charge in [0.25, 0.3) is 5.91 Å². The zero-order valence-corrected chi connectivity index (χ0v) is 21.7. The lowest BCUT2D eigenvalue weighted by Gasteiger charge is -2.36. The molecule has 2 aromatic heterocycles. The van der Waals surface area contributed by atoms with Crippen molar-refractivity contribution < 1.29 is 14.6 Å². The predicted octanol–water partition coefficient (Wildman–Crippen LogP) is 3.76. The number of nitrogens with zero attached hydrogens (tertiary/aromatic N) is 4. The number of nitrogens with one attached hydrogen (secondary N) is 1. The Labute approximate surface area is 223 Å². The van der Waals surface area contributed by atoms with E-state index in [4.69, 9.17) is 4.74 Å². The van der Waals surface area contributed by atoms with Gasteiger partial charge in [-0.2, -0.15) is 0 Å². The number of carbonyl (C=O) groups is 1. The third-order valence-corrected chi connectivity index (χ3v) is 6.77. The number of pyridine rings is 1. The van der Waals surface area contributed by atoms with E-state index >= 15 is 0 Å². The fourth-order valence-corrected chi connectivity index (χ4v) is 4.99. The Balaban J connectivity index is 0.00000180. The van der Waals surface area contributed by atoms with Crippen LogP contribution in [0.3, 0.4) is 0 Å². The Morgan fingerprint density at radius 2 is 1.83 bits per heavy atom. The molecule has 2 aliphatic rings. The van der Waals surface area contributed by atoms with Crippen LogP contribution >= 0.6 is 24.8 Å². The minimum absolute atomic E-state index is 0. The van der Waals surface area contributed by atoms with Gasteiger partial charge in [0.2, 0.25) is 5.88 Å². The average molecular weight is 534 g/mol. The van der Waals surface area contributed by atoms with E-state index in [1.54, 1.807) is 12.5 Å². The van der Waals surface area contributed by atoms with Gasteiger partial charge in [-0.05, 0) is 18.9 Å². The van der Waals surface area contributed by atoms with E-state index in [0.29, 0.717) is 37.8 Å². The van der Waals surface area contributed by atoms with E-state index in [2.05, 4.69) is 15.3 Å². The zero-order chi connectivity index (χ0) is 23.3. The second-order valence-corrected chi connectivity index (χ2v) is 8.97. The van der Waals surface area contributed by atoms with Gasteiger partial charge >= 0.3 is 0 Å². The number of hydrogen-bond acceptors (Lipinski definition) is 6. The topological polar surface area (TPSA) is 92.5 Å². The van der Waals surface area contributed by atoms with Crippen molar-refractivity contribution in [2.75, 3.05) is 26.2 Å². The molecule has 3 heterocycles. The third-order valence-electron chi connectivity index (χ3n) is 6.77. The van der Waals surface area contributed by atoms with Crippen LogP contribution in [0.15, 0.2) is 61.1 Å². The van der Waals surface area contributed by atoms with E-state index < -0.39 is 6.10 Å². The number of aliphatic hydroxyl groups excluding tert-OH is 1. The first-order valence-corrected chi connectivity index (χ1v) is 12.1. The van der Waals surface area contributed by atoms with Crippen LogP contribution in [-0.2, 0) is 0 Å². The molecule has 10 heteroatoms. The first-order valence-electron chi connectivity index (χ1n) is 12.1. The molecule has 36 heavy (non-hydrogen) atoms. The molecule has 1 amide bonds. The molecule has 2 N–H and O–H groups in total. The molecule has 8 nitrogen and oxygen atoms in total. The van der Waals surface area contributed by atoms with E-state index in [9.17, 15) is 9.90 Å². The first kappa shape index (κ1) is 27.9. The highest BCUT2D eigenvalue weighted by molar-refractivity contribution is 5.98.